The predicted molar refractivity (Wildman–Crippen MR) is 93.1 cm³/mol. The van der Waals surface area contributed by atoms with Gasteiger partial charge in [0.15, 0.2) is 11.5 Å². The van der Waals surface area contributed by atoms with E-state index in [0.717, 1.165) is 10.7 Å². The van der Waals surface area contributed by atoms with Crippen molar-refractivity contribution >= 4 is 16.8 Å². The van der Waals surface area contributed by atoms with E-state index in [9.17, 15) is 14.0 Å². The molecule has 1 aliphatic rings. The standard InChI is InChI=1S/C18H15FN4O4/c19-11-5-6-13-12(9-11)18(25)23(22-21-13)8-7-20-17(24)16-10-26-14-3-1-2-4-15(14)27-16/h1-6,9,16H,7-8,10H2,(H,20,24)/t16-/m1/s1. The van der Waals surface area contributed by atoms with Gasteiger partial charge in [0.05, 0.1) is 11.9 Å². The van der Waals surface area contributed by atoms with Crippen LogP contribution in [0, 0.1) is 5.82 Å². The highest BCUT2D eigenvalue weighted by molar-refractivity contribution is 5.81. The van der Waals surface area contributed by atoms with E-state index < -0.39 is 17.5 Å². The van der Waals surface area contributed by atoms with Gasteiger partial charge in [-0.15, -0.1) is 5.10 Å². The van der Waals surface area contributed by atoms with Gasteiger partial charge in [0.25, 0.3) is 11.5 Å². The summed E-state index contributed by atoms with van der Waals surface area (Å²) in [5.74, 6) is 0.203. The summed E-state index contributed by atoms with van der Waals surface area (Å²) in [6.07, 6.45) is -0.784. The number of para-hydroxylation sites is 2. The summed E-state index contributed by atoms with van der Waals surface area (Å²) in [4.78, 5) is 24.6. The van der Waals surface area contributed by atoms with Crippen molar-refractivity contribution < 1.29 is 18.7 Å². The van der Waals surface area contributed by atoms with Crippen molar-refractivity contribution in [1.29, 1.82) is 0 Å². The second kappa shape index (κ2) is 7.02. The lowest BCUT2D eigenvalue weighted by molar-refractivity contribution is -0.130. The van der Waals surface area contributed by atoms with Crippen LogP contribution in [0.15, 0.2) is 47.3 Å². The van der Waals surface area contributed by atoms with E-state index in [1.807, 2.05) is 6.07 Å². The molecule has 138 valence electrons. The first-order chi connectivity index (χ1) is 13.1. The van der Waals surface area contributed by atoms with E-state index in [0.29, 0.717) is 17.0 Å². The van der Waals surface area contributed by atoms with Crippen molar-refractivity contribution in [3.05, 3.63) is 58.6 Å². The average molecular weight is 370 g/mol. The van der Waals surface area contributed by atoms with Gasteiger partial charge < -0.3 is 14.8 Å². The Labute approximate surface area is 152 Å². The molecule has 1 atom stereocenters. The zero-order valence-electron chi connectivity index (χ0n) is 14.1. The number of carbonyl (C=O) groups is 1. The molecule has 27 heavy (non-hydrogen) atoms. The number of ether oxygens (including phenoxy) is 2. The minimum Gasteiger partial charge on any atom is -0.485 e. The molecule has 9 heteroatoms. The topological polar surface area (TPSA) is 95.3 Å². The monoisotopic (exact) mass is 370 g/mol. The molecule has 1 amide bonds. The van der Waals surface area contributed by atoms with Crippen molar-refractivity contribution in [3.8, 4) is 11.5 Å². The molecule has 2 heterocycles. The quantitative estimate of drug-likeness (QED) is 0.733. The maximum atomic E-state index is 13.3. The van der Waals surface area contributed by atoms with E-state index in [4.69, 9.17) is 9.47 Å². The number of carbonyl (C=O) groups excluding carboxylic acids is 1. The third kappa shape index (κ3) is 3.43. The highest BCUT2D eigenvalue weighted by Gasteiger charge is 2.26. The number of nitrogens with zero attached hydrogens (tertiary/aromatic N) is 3. The Kier molecular flexibility index (Phi) is 4.41. The maximum Gasteiger partial charge on any atom is 0.277 e. The van der Waals surface area contributed by atoms with Gasteiger partial charge in [0, 0.05) is 6.54 Å². The van der Waals surface area contributed by atoms with Crippen LogP contribution in [0.25, 0.3) is 10.9 Å². The molecule has 0 aliphatic carbocycles. The Morgan fingerprint density at radius 1 is 1.26 bits per heavy atom. The Morgan fingerprint density at radius 3 is 2.93 bits per heavy atom. The molecule has 8 nitrogen and oxygen atoms in total. The lowest BCUT2D eigenvalue weighted by atomic mass is 10.2. The number of hydrogen-bond acceptors (Lipinski definition) is 6. The molecular weight excluding hydrogens is 355 g/mol. The van der Waals surface area contributed by atoms with Crippen molar-refractivity contribution in [2.24, 2.45) is 0 Å². The smallest absolute Gasteiger partial charge is 0.277 e. The van der Waals surface area contributed by atoms with Gasteiger partial charge in [-0.2, -0.15) is 0 Å². The van der Waals surface area contributed by atoms with Gasteiger partial charge in [-0.3, -0.25) is 9.59 Å². The summed E-state index contributed by atoms with van der Waals surface area (Å²) in [7, 11) is 0. The molecule has 0 fully saturated rings. The van der Waals surface area contributed by atoms with Gasteiger partial charge in [-0.25, -0.2) is 9.07 Å². The molecule has 1 aliphatic heterocycles. The number of amides is 1. The molecule has 0 saturated heterocycles. The van der Waals surface area contributed by atoms with Crippen LogP contribution in [0.1, 0.15) is 0 Å². The van der Waals surface area contributed by atoms with Crippen LogP contribution in [0.5, 0.6) is 11.5 Å². The van der Waals surface area contributed by atoms with Crippen molar-refractivity contribution in [1.82, 2.24) is 20.3 Å². The Balaban J connectivity index is 1.39. The molecule has 0 radical (unpaired) electrons. The van der Waals surface area contributed by atoms with E-state index in [2.05, 4.69) is 15.6 Å². The zero-order chi connectivity index (χ0) is 18.8. The largest absolute Gasteiger partial charge is 0.485 e. The number of fused-ring (bicyclic) bond motifs is 2. The summed E-state index contributed by atoms with van der Waals surface area (Å²) >= 11 is 0. The third-order valence-corrected chi connectivity index (χ3v) is 4.11. The lowest BCUT2D eigenvalue weighted by Crippen LogP contribution is -2.45. The Morgan fingerprint density at radius 2 is 2.07 bits per heavy atom. The van der Waals surface area contributed by atoms with Crippen LogP contribution in [0.4, 0.5) is 4.39 Å². The number of rotatable bonds is 4. The Bertz CT molecular complexity index is 1070. The minimum atomic E-state index is -0.784. The van der Waals surface area contributed by atoms with Crippen molar-refractivity contribution in [2.45, 2.75) is 12.6 Å². The van der Waals surface area contributed by atoms with Gasteiger partial charge in [0.2, 0.25) is 6.10 Å². The van der Waals surface area contributed by atoms with E-state index in [1.165, 1.54) is 12.1 Å². The number of nitrogens with one attached hydrogen (secondary N) is 1. The van der Waals surface area contributed by atoms with E-state index in [1.54, 1.807) is 18.2 Å². The van der Waals surface area contributed by atoms with Crippen molar-refractivity contribution in [2.75, 3.05) is 13.2 Å². The molecule has 1 aromatic heterocycles. The minimum absolute atomic E-state index is 0.0915. The third-order valence-electron chi connectivity index (χ3n) is 4.11. The van der Waals surface area contributed by atoms with Gasteiger partial charge in [0.1, 0.15) is 17.9 Å². The second-order valence-corrected chi connectivity index (χ2v) is 5.93. The second-order valence-electron chi connectivity index (χ2n) is 5.93. The van der Waals surface area contributed by atoms with E-state index in [-0.39, 0.29) is 31.0 Å². The highest BCUT2D eigenvalue weighted by atomic mass is 19.1. The average Bonchev–Trinajstić information content (AvgIpc) is 2.69. The molecule has 4 rings (SSSR count). The molecule has 3 aromatic rings. The highest BCUT2D eigenvalue weighted by Crippen LogP contribution is 2.30. The fourth-order valence-electron chi connectivity index (χ4n) is 2.74. The van der Waals surface area contributed by atoms with Crippen LogP contribution in [0.2, 0.25) is 0 Å². The first-order valence-corrected chi connectivity index (χ1v) is 8.31. The number of benzene rings is 2. The molecular formula is C18H15FN4O4. The summed E-state index contributed by atoms with van der Waals surface area (Å²) in [5.41, 5.74) is -0.159. The number of aromatic nitrogens is 3. The van der Waals surface area contributed by atoms with Crippen LogP contribution in [0.3, 0.4) is 0 Å². The lowest BCUT2D eigenvalue weighted by Gasteiger charge is -2.25. The number of hydrogen-bond donors (Lipinski definition) is 1. The molecule has 2 aromatic carbocycles. The van der Waals surface area contributed by atoms with Crippen LogP contribution >= 0.6 is 0 Å². The van der Waals surface area contributed by atoms with E-state index >= 15 is 0 Å². The van der Waals surface area contributed by atoms with Crippen LogP contribution in [-0.4, -0.2) is 40.2 Å². The van der Waals surface area contributed by atoms with Crippen LogP contribution in [-0.2, 0) is 11.3 Å². The summed E-state index contributed by atoms with van der Waals surface area (Å²) in [6.45, 7) is 0.321. The predicted octanol–water partition coefficient (Wildman–Crippen LogP) is 0.887. The van der Waals surface area contributed by atoms with Crippen LogP contribution < -0.4 is 20.3 Å². The normalized spacial score (nSPS) is 15.5. The molecule has 0 unspecified atom stereocenters. The SMILES string of the molecule is O=C(NCCn1nnc2ccc(F)cc2c1=O)[C@H]1COc2ccccc2O1. The molecule has 0 saturated carbocycles. The summed E-state index contributed by atoms with van der Waals surface area (Å²) in [5, 5.41) is 10.5. The first-order valence-electron chi connectivity index (χ1n) is 8.31. The molecule has 0 spiro atoms. The fourth-order valence-corrected chi connectivity index (χ4v) is 2.74. The van der Waals surface area contributed by atoms with Gasteiger partial charge in [-0.1, -0.05) is 17.3 Å². The summed E-state index contributed by atoms with van der Waals surface area (Å²) in [6, 6.07) is 10.8. The summed E-state index contributed by atoms with van der Waals surface area (Å²) < 4.78 is 25.5. The maximum absolute atomic E-state index is 13.3. The Hall–Kier alpha value is -3.49. The fraction of sp³-hybridized carbons (Fsp3) is 0.222. The number of halogens is 1. The molecule has 1 N–H and O–H groups in total. The van der Waals surface area contributed by atoms with Gasteiger partial charge in [-0.05, 0) is 30.3 Å². The van der Waals surface area contributed by atoms with Crippen molar-refractivity contribution in [3.63, 3.8) is 0 Å². The zero-order valence-corrected chi connectivity index (χ0v) is 14.1. The van der Waals surface area contributed by atoms with Gasteiger partial charge >= 0.3 is 0 Å². The first kappa shape index (κ1) is 17.0. The molecule has 0 bridgehead atoms.